The summed E-state index contributed by atoms with van der Waals surface area (Å²) in [6.07, 6.45) is 0. The van der Waals surface area contributed by atoms with Crippen LogP contribution in [0.1, 0.15) is 0 Å². The summed E-state index contributed by atoms with van der Waals surface area (Å²) in [5, 5.41) is 13.1. The minimum atomic E-state index is 0. The maximum absolute atomic E-state index is 3.38. The summed E-state index contributed by atoms with van der Waals surface area (Å²) in [6, 6.07) is 0. The van der Waals surface area contributed by atoms with E-state index in [2.05, 4.69) is 20.7 Å². The third-order valence-electron chi connectivity index (χ3n) is 0.293. The summed E-state index contributed by atoms with van der Waals surface area (Å²) in [7, 11) is 0. The van der Waals surface area contributed by atoms with Gasteiger partial charge in [0.2, 0.25) is 0 Å². The van der Waals surface area contributed by atoms with E-state index >= 15 is 0 Å². The van der Waals surface area contributed by atoms with Crippen LogP contribution in [0.25, 0.3) is 0 Å². The average molecular weight is 112 g/mol. The molecule has 1 rings (SSSR count). The molecular weight excluding hydrogens is 108 g/mol. The van der Waals surface area contributed by atoms with Crippen molar-refractivity contribution in [3.05, 3.63) is 0 Å². The first-order chi connectivity index (χ1) is 2.50. The van der Waals surface area contributed by atoms with Crippen molar-refractivity contribution in [1.82, 2.24) is 0 Å². The van der Waals surface area contributed by atoms with Gasteiger partial charge in [0.1, 0.15) is 0 Å². The van der Waals surface area contributed by atoms with Gasteiger partial charge in [-0.1, -0.05) is 0 Å². The van der Waals surface area contributed by atoms with Gasteiger partial charge >= 0.3 is 37.7 Å². The van der Waals surface area contributed by atoms with Gasteiger partial charge in [0.05, 0.1) is 0 Å². The van der Waals surface area contributed by atoms with Crippen LogP contribution in [0.15, 0.2) is 20.7 Å². The standard InChI is InChI=1S/CH2N4.Ca.2H/c1-2-4-5-3-1;;;/h1H2;;;. The van der Waals surface area contributed by atoms with Crippen LogP contribution in [0.4, 0.5) is 0 Å². The zero-order valence-corrected chi connectivity index (χ0v) is 2.50. The normalized spacial score (nSPS) is 14.7. The molecule has 0 saturated carbocycles. The Balaban J connectivity index is 0.000000250. The molecule has 0 fully saturated rings. The molecule has 1 aliphatic rings. The van der Waals surface area contributed by atoms with Gasteiger partial charge in [-0.25, -0.2) is 0 Å². The summed E-state index contributed by atoms with van der Waals surface area (Å²) < 4.78 is 0. The molecule has 0 aromatic carbocycles. The molecule has 0 N–H and O–H groups in total. The van der Waals surface area contributed by atoms with Crippen LogP contribution in [0.3, 0.4) is 0 Å². The molecule has 0 aromatic heterocycles. The van der Waals surface area contributed by atoms with E-state index in [1.165, 1.54) is 0 Å². The van der Waals surface area contributed by atoms with Crippen LogP contribution in [0, 0.1) is 0 Å². The van der Waals surface area contributed by atoms with Crippen LogP contribution in [0.2, 0.25) is 0 Å². The molecule has 0 atom stereocenters. The molecule has 0 bridgehead atoms. The van der Waals surface area contributed by atoms with Gasteiger partial charge in [-0.05, 0) is 10.4 Å². The number of hydrogen-bond donors (Lipinski definition) is 0. The van der Waals surface area contributed by atoms with Gasteiger partial charge in [-0.2, -0.15) is 0 Å². The monoisotopic (exact) mass is 112 g/mol. The van der Waals surface area contributed by atoms with E-state index < -0.39 is 0 Å². The Morgan fingerprint density at radius 1 is 1.00 bits per heavy atom. The first-order valence-corrected chi connectivity index (χ1v) is 1.23. The van der Waals surface area contributed by atoms with Gasteiger partial charge < -0.3 is 0 Å². The second-order valence-electron chi connectivity index (χ2n) is 0.603. The molecule has 0 spiro atoms. The topological polar surface area (TPSA) is 49.4 Å². The summed E-state index contributed by atoms with van der Waals surface area (Å²) in [5.74, 6) is 0. The van der Waals surface area contributed by atoms with Crippen molar-refractivity contribution in [3.8, 4) is 0 Å². The van der Waals surface area contributed by atoms with Gasteiger partial charge in [-0.15, -0.1) is 10.2 Å². The maximum atomic E-state index is 3.38. The molecule has 6 heavy (non-hydrogen) atoms. The van der Waals surface area contributed by atoms with Crippen molar-refractivity contribution in [2.75, 3.05) is 6.67 Å². The van der Waals surface area contributed by atoms with Gasteiger partial charge in [0.15, 0.2) is 6.67 Å². The Bertz CT molecular complexity index is 65.6. The van der Waals surface area contributed by atoms with E-state index in [4.69, 9.17) is 0 Å². The van der Waals surface area contributed by atoms with Gasteiger partial charge in [-0.3, -0.25) is 0 Å². The van der Waals surface area contributed by atoms with Gasteiger partial charge in [0.25, 0.3) is 0 Å². The Morgan fingerprint density at radius 2 is 1.50 bits per heavy atom. The Kier molecular flexibility index (Phi) is 3.92. The molecule has 1 aliphatic heterocycles. The molecule has 30 valence electrons. The van der Waals surface area contributed by atoms with Crippen LogP contribution in [-0.2, 0) is 0 Å². The molecule has 0 aliphatic carbocycles. The van der Waals surface area contributed by atoms with E-state index in [-0.39, 0.29) is 37.7 Å². The van der Waals surface area contributed by atoms with Crippen LogP contribution >= 0.6 is 0 Å². The van der Waals surface area contributed by atoms with E-state index in [1.807, 2.05) is 0 Å². The van der Waals surface area contributed by atoms with E-state index in [0.717, 1.165) is 0 Å². The SMILES string of the molecule is C1N=NN=N1.[CaH2]. The fraction of sp³-hybridized carbons (Fsp3) is 1.00. The predicted molar refractivity (Wildman–Crippen MR) is 23.1 cm³/mol. The number of nitrogens with zero attached hydrogens (tertiary/aromatic N) is 4. The van der Waals surface area contributed by atoms with Crippen LogP contribution < -0.4 is 0 Å². The second-order valence-corrected chi connectivity index (χ2v) is 0.603. The zero-order chi connectivity index (χ0) is 3.54. The summed E-state index contributed by atoms with van der Waals surface area (Å²) in [6.45, 7) is 0.417. The molecule has 0 aromatic rings. The predicted octanol–water partition coefficient (Wildman–Crippen LogP) is -0.139. The molecule has 1 heterocycles. The van der Waals surface area contributed by atoms with E-state index in [0.29, 0.717) is 6.67 Å². The quantitative estimate of drug-likeness (QED) is 0.392. The molecular formula is CH4CaN4. The third-order valence-corrected chi connectivity index (χ3v) is 0.293. The summed E-state index contributed by atoms with van der Waals surface area (Å²) >= 11 is 0. The van der Waals surface area contributed by atoms with E-state index in [1.54, 1.807) is 0 Å². The minimum absolute atomic E-state index is 0. The van der Waals surface area contributed by atoms with Crippen molar-refractivity contribution >= 4 is 37.7 Å². The molecule has 5 heteroatoms. The number of hydrogen-bond acceptors (Lipinski definition) is 4. The fourth-order valence-electron chi connectivity index (χ4n) is 0.141. The van der Waals surface area contributed by atoms with Crippen LogP contribution in [0.5, 0.6) is 0 Å². The average Bonchev–Trinajstić information content (AvgIpc) is 1.76. The van der Waals surface area contributed by atoms with Crippen molar-refractivity contribution in [1.29, 1.82) is 0 Å². The summed E-state index contributed by atoms with van der Waals surface area (Å²) in [4.78, 5) is 0. The van der Waals surface area contributed by atoms with Crippen molar-refractivity contribution in [3.63, 3.8) is 0 Å². The first kappa shape index (κ1) is 6.46. The number of rotatable bonds is 0. The molecule has 0 radical (unpaired) electrons. The molecule has 0 unspecified atom stereocenters. The molecule has 0 saturated heterocycles. The van der Waals surface area contributed by atoms with Crippen molar-refractivity contribution in [2.45, 2.75) is 0 Å². The second kappa shape index (κ2) is 3.64. The fourth-order valence-corrected chi connectivity index (χ4v) is 0.141. The van der Waals surface area contributed by atoms with Crippen molar-refractivity contribution in [2.24, 2.45) is 20.7 Å². The Labute approximate surface area is 64.7 Å². The third kappa shape index (κ3) is 1.79. The van der Waals surface area contributed by atoms with Gasteiger partial charge in [0, 0.05) is 0 Å². The molecule has 4 nitrogen and oxygen atoms in total. The van der Waals surface area contributed by atoms with E-state index in [9.17, 15) is 0 Å². The Morgan fingerprint density at radius 3 is 1.67 bits per heavy atom. The van der Waals surface area contributed by atoms with Crippen LogP contribution in [-0.4, -0.2) is 44.4 Å². The zero-order valence-electron chi connectivity index (χ0n) is 2.50. The Hall–Kier alpha value is 0.460. The van der Waals surface area contributed by atoms with Crippen molar-refractivity contribution < 1.29 is 0 Å². The molecule has 0 amide bonds. The summed E-state index contributed by atoms with van der Waals surface area (Å²) in [5.41, 5.74) is 0. The first-order valence-electron chi connectivity index (χ1n) is 1.23.